The standard InChI is InChI=1S/C19H19N3O14S4/c1-33-15-3-2-12(38(25,26)5-4-34-40(30,31)32)9-13(15)21-22-19-16(39(27,28)29)7-10-6-11(37-36-35-24)8-14(23)17(10)18(19)20/h2-3,6-9,23-24H,4-5,20H2,1H3,(H,27,28,29)(H,30,31,32). The first-order valence-corrected chi connectivity index (χ1v) is 15.4. The molecule has 0 unspecified atom stereocenters. The molecule has 0 bridgehead atoms. The SMILES string of the molecule is COc1ccc(S(=O)(=O)CCOS(=O)(=O)O)cc1N=Nc1c(S(=O)(=O)O)cc2cc(SOOO)cc(O)c2c1N. The van der Waals surface area contributed by atoms with Crippen LogP contribution in [0.1, 0.15) is 0 Å². The van der Waals surface area contributed by atoms with E-state index in [0.29, 0.717) is 12.0 Å². The zero-order valence-electron chi connectivity index (χ0n) is 19.9. The van der Waals surface area contributed by atoms with Gasteiger partial charge >= 0.3 is 10.4 Å². The van der Waals surface area contributed by atoms with Crippen molar-refractivity contribution in [1.82, 2.24) is 0 Å². The van der Waals surface area contributed by atoms with Crippen molar-refractivity contribution >= 4 is 70.2 Å². The molecule has 17 nitrogen and oxygen atoms in total. The molecule has 3 rings (SSSR count). The highest BCUT2D eigenvalue weighted by Gasteiger charge is 2.24. The van der Waals surface area contributed by atoms with Crippen LogP contribution in [0.3, 0.4) is 0 Å². The van der Waals surface area contributed by atoms with Crippen LogP contribution in [0.25, 0.3) is 10.8 Å². The van der Waals surface area contributed by atoms with Crippen molar-refractivity contribution in [3.05, 3.63) is 36.4 Å². The van der Waals surface area contributed by atoms with Crippen LogP contribution in [-0.4, -0.2) is 64.2 Å². The van der Waals surface area contributed by atoms with Crippen molar-refractivity contribution in [2.75, 3.05) is 25.2 Å². The summed E-state index contributed by atoms with van der Waals surface area (Å²) in [5.41, 5.74) is 4.79. The van der Waals surface area contributed by atoms with Crippen molar-refractivity contribution in [3.8, 4) is 11.5 Å². The van der Waals surface area contributed by atoms with Crippen molar-refractivity contribution in [3.63, 3.8) is 0 Å². The molecule has 3 aromatic rings. The first-order chi connectivity index (χ1) is 18.6. The largest absolute Gasteiger partial charge is 0.507 e. The van der Waals surface area contributed by atoms with Crippen LogP contribution in [-0.2, 0) is 43.9 Å². The predicted molar refractivity (Wildman–Crippen MR) is 137 cm³/mol. The number of benzene rings is 3. The van der Waals surface area contributed by atoms with Gasteiger partial charge in [0.25, 0.3) is 10.1 Å². The second kappa shape index (κ2) is 12.2. The zero-order valence-corrected chi connectivity index (χ0v) is 23.1. The summed E-state index contributed by atoms with van der Waals surface area (Å²) in [4.78, 5) is -1.08. The molecule has 0 saturated heterocycles. The highest BCUT2D eigenvalue weighted by atomic mass is 32.3. The van der Waals surface area contributed by atoms with Crippen molar-refractivity contribution < 1.29 is 63.0 Å². The molecule has 0 aliphatic heterocycles. The molecule has 40 heavy (non-hydrogen) atoms. The van der Waals surface area contributed by atoms with E-state index in [1.807, 2.05) is 0 Å². The predicted octanol–water partition coefficient (Wildman–Crippen LogP) is 2.82. The number of nitrogens with two attached hydrogens (primary N) is 1. The molecular formula is C19H19N3O14S4. The maximum atomic E-state index is 12.6. The number of phenolic OH excluding ortho intramolecular Hbond substituents is 1. The number of nitrogens with zero attached hydrogens (tertiary/aromatic N) is 2. The van der Waals surface area contributed by atoms with E-state index in [4.69, 9.17) is 20.3 Å². The normalized spacial score (nSPS) is 12.8. The summed E-state index contributed by atoms with van der Waals surface area (Å²) in [6.45, 7) is -0.891. The minimum atomic E-state index is -4.99. The molecule has 0 aromatic heterocycles. The Balaban J connectivity index is 2.13. The third-order valence-corrected chi connectivity index (χ3v) is 8.52. The second-order valence-electron chi connectivity index (χ2n) is 7.48. The zero-order chi connectivity index (χ0) is 29.9. The monoisotopic (exact) mass is 641 g/mol. The molecule has 0 amide bonds. The minimum Gasteiger partial charge on any atom is -0.507 e. The lowest BCUT2D eigenvalue weighted by Gasteiger charge is -2.12. The van der Waals surface area contributed by atoms with E-state index in [1.165, 1.54) is 19.2 Å². The van der Waals surface area contributed by atoms with Crippen molar-refractivity contribution in [2.24, 2.45) is 10.2 Å². The van der Waals surface area contributed by atoms with Gasteiger partial charge in [0.15, 0.2) is 9.84 Å². The van der Waals surface area contributed by atoms with Gasteiger partial charge in [-0.3, -0.25) is 9.11 Å². The molecule has 0 spiro atoms. The van der Waals surface area contributed by atoms with E-state index < -0.39 is 64.7 Å². The van der Waals surface area contributed by atoms with Crippen molar-refractivity contribution in [1.29, 1.82) is 0 Å². The molecule has 0 saturated carbocycles. The number of hydrogen-bond acceptors (Lipinski definition) is 16. The Kier molecular flexibility index (Phi) is 9.56. The fourth-order valence-electron chi connectivity index (χ4n) is 3.30. The van der Waals surface area contributed by atoms with Gasteiger partial charge in [0.2, 0.25) is 0 Å². The quantitative estimate of drug-likeness (QED) is 0.0475. The second-order valence-corrected chi connectivity index (χ2v) is 12.8. The Morgan fingerprint density at radius 3 is 2.30 bits per heavy atom. The number of fused-ring (bicyclic) bond motifs is 1. The average molecular weight is 642 g/mol. The van der Waals surface area contributed by atoms with Gasteiger partial charge in [-0.25, -0.2) is 17.9 Å². The third kappa shape index (κ3) is 7.54. The molecule has 0 heterocycles. The lowest BCUT2D eigenvalue weighted by Crippen LogP contribution is -2.15. The highest BCUT2D eigenvalue weighted by molar-refractivity contribution is 7.94. The maximum Gasteiger partial charge on any atom is 0.397 e. The van der Waals surface area contributed by atoms with E-state index in [2.05, 4.69) is 23.8 Å². The molecule has 6 N–H and O–H groups in total. The smallest absolute Gasteiger partial charge is 0.397 e. The Morgan fingerprint density at radius 1 is 1.00 bits per heavy atom. The number of hydrogen-bond donors (Lipinski definition) is 5. The lowest BCUT2D eigenvalue weighted by atomic mass is 10.1. The average Bonchev–Trinajstić information content (AvgIpc) is 2.84. The van der Waals surface area contributed by atoms with Crippen LogP contribution in [0, 0.1) is 0 Å². The van der Waals surface area contributed by atoms with Gasteiger partial charge in [-0.15, -0.1) is 14.6 Å². The Morgan fingerprint density at radius 2 is 1.70 bits per heavy atom. The number of phenols is 1. The number of azo groups is 1. The summed E-state index contributed by atoms with van der Waals surface area (Å²) in [5.74, 6) is -1.36. The number of sulfone groups is 1. The molecular weight excluding hydrogens is 622 g/mol. The molecule has 218 valence electrons. The first kappa shape index (κ1) is 31.4. The van der Waals surface area contributed by atoms with E-state index >= 15 is 0 Å². The fourth-order valence-corrected chi connectivity index (χ4v) is 5.92. The number of aromatic hydroxyl groups is 1. The van der Waals surface area contributed by atoms with Crippen LogP contribution >= 0.6 is 12.0 Å². The van der Waals surface area contributed by atoms with Gasteiger partial charge < -0.3 is 15.6 Å². The maximum absolute atomic E-state index is 12.6. The van der Waals surface area contributed by atoms with Gasteiger partial charge in [0, 0.05) is 10.3 Å². The highest BCUT2D eigenvalue weighted by Crippen LogP contribution is 2.44. The Bertz CT molecular complexity index is 1790. The molecule has 0 aliphatic carbocycles. The summed E-state index contributed by atoms with van der Waals surface area (Å²) in [6.07, 6.45) is 0. The summed E-state index contributed by atoms with van der Waals surface area (Å²) in [7, 11) is -12.8. The Hall–Kier alpha value is -3.12. The van der Waals surface area contributed by atoms with Crippen molar-refractivity contribution in [2.45, 2.75) is 14.7 Å². The molecule has 0 atom stereocenters. The van der Waals surface area contributed by atoms with E-state index in [1.54, 1.807) is 0 Å². The number of methoxy groups -OCH3 is 1. The fraction of sp³-hybridized carbons (Fsp3) is 0.158. The Labute approximate surface area is 230 Å². The number of ether oxygens (including phenoxy) is 1. The van der Waals surface area contributed by atoms with Gasteiger partial charge in [-0.1, -0.05) is 5.04 Å². The van der Waals surface area contributed by atoms with Crippen LogP contribution < -0.4 is 10.5 Å². The topological polar surface area (TPSA) is 271 Å². The number of anilines is 1. The van der Waals surface area contributed by atoms with Crippen LogP contribution in [0.15, 0.2) is 61.3 Å². The first-order valence-electron chi connectivity index (χ1n) is 10.2. The third-order valence-electron chi connectivity index (χ3n) is 4.96. The number of nitrogen functional groups attached to an aromatic ring is 1. The molecule has 0 aliphatic rings. The summed E-state index contributed by atoms with van der Waals surface area (Å²) in [6, 6.07) is 6.61. The molecule has 3 aromatic carbocycles. The van der Waals surface area contributed by atoms with E-state index in [0.717, 1.165) is 24.3 Å². The van der Waals surface area contributed by atoms with Gasteiger partial charge in [0.1, 0.15) is 27.8 Å². The summed E-state index contributed by atoms with van der Waals surface area (Å²) >= 11 is 0.454. The van der Waals surface area contributed by atoms with Gasteiger partial charge in [0.05, 0.1) is 42.1 Å². The number of rotatable bonds is 12. The van der Waals surface area contributed by atoms with Gasteiger partial charge in [-0.05, 0) is 41.8 Å². The molecule has 21 heteroatoms. The summed E-state index contributed by atoms with van der Waals surface area (Å²) in [5, 5.41) is 29.8. The minimum absolute atomic E-state index is 0.00546. The molecule has 0 fully saturated rings. The van der Waals surface area contributed by atoms with E-state index in [9.17, 15) is 34.9 Å². The van der Waals surface area contributed by atoms with Crippen LogP contribution in [0.2, 0.25) is 0 Å². The van der Waals surface area contributed by atoms with Crippen LogP contribution in [0.4, 0.5) is 17.1 Å². The summed E-state index contributed by atoms with van der Waals surface area (Å²) < 4.78 is 103. The van der Waals surface area contributed by atoms with Gasteiger partial charge in [-0.2, -0.15) is 16.8 Å². The lowest BCUT2D eigenvalue weighted by molar-refractivity contribution is -0.432. The molecule has 0 radical (unpaired) electrons. The van der Waals surface area contributed by atoms with Crippen LogP contribution in [0.5, 0.6) is 11.5 Å². The van der Waals surface area contributed by atoms with E-state index in [-0.39, 0.29) is 32.0 Å².